The van der Waals surface area contributed by atoms with Crippen LogP contribution in [-0.4, -0.2) is 17.4 Å². The quantitative estimate of drug-likeness (QED) is 0.600. The Morgan fingerprint density at radius 2 is 2.06 bits per heavy atom. The molecule has 0 fully saturated rings. The van der Waals surface area contributed by atoms with Crippen molar-refractivity contribution in [3.05, 3.63) is 45.5 Å². The van der Waals surface area contributed by atoms with Crippen molar-refractivity contribution in [3.8, 4) is 0 Å². The van der Waals surface area contributed by atoms with Gasteiger partial charge in [0.05, 0.1) is 4.92 Å². The van der Waals surface area contributed by atoms with Gasteiger partial charge in [-0.1, -0.05) is 29.8 Å². The second-order valence-electron chi connectivity index (χ2n) is 3.54. The van der Waals surface area contributed by atoms with E-state index in [-0.39, 0.29) is 16.4 Å². The molecule has 0 bridgehead atoms. The van der Waals surface area contributed by atoms with Crippen molar-refractivity contribution in [1.29, 1.82) is 0 Å². The molecule has 1 heterocycles. The van der Waals surface area contributed by atoms with Gasteiger partial charge in [0.2, 0.25) is 0 Å². The Labute approximate surface area is 102 Å². The fourth-order valence-corrected chi connectivity index (χ4v) is 1.93. The summed E-state index contributed by atoms with van der Waals surface area (Å²) >= 11 is 5.74. The van der Waals surface area contributed by atoms with Crippen molar-refractivity contribution in [2.24, 2.45) is 0 Å². The summed E-state index contributed by atoms with van der Waals surface area (Å²) < 4.78 is 0. The predicted octanol–water partition coefficient (Wildman–Crippen LogP) is 2.45. The number of hydrogen-bond acceptors (Lipinski definition) is 3. The van der Waals surface area contributed by atoms with E-state index < -0.39 is 10.8 Å². The number of anilines is 1. The molecule has 17 heavy (non-hydrogen) atoms. The number of halogens is 1. The van der Waals surface area contributed by atoms with Gasteiger partial charge in [0.25, 0.3) is 11.6 Å². The monoisotopic (exact) mass is 252 g/mol. The summed E-state index contributed by atoms with van der Waals surface area (Å²) in [6.45, 7) is 0.403. The maximum Gasteiger partial charge on any atom is 0.292 e. The molecular weight excluding hydrogens is 244 g/mol. The van der Waals surface area contributed by atoms with Gasteiger partial charge in [-0.2, -0.15) is 0 Å². The van der Waals surface area contributed by atoms with E-state index in [4.69, 9.17) is 11.6 Å². The number of nitro benzene ring substituents is 1. The lowest BCUT2D eigenvalue weighted by molar-refractivity contribution is -0.384. The molecule has 1 aromatic carbocycles. The van der Waals surface area contributed by atoms with Gasteiger partial charge in [0.1, 0.15) is 10.7 Å². The number of para-hydroxylation sites is 2. The molecule has 1 aliphatic rings. The van der Waals surface area contributed by atoms with Gasteiger partial charge in [0, 0.05) is 12.6 Å². The third-order valence-electron chi connectivity index (χ3n) is 2.49. The second kappa shape index (κ2) is 4.55. The number of rotatable bonds is 2. The Morgan fingerprint density at radius 1 is 1.35 bits per heavy atom. The highest BCUT2D eigenvalue weighted by molar-refractivity contribution is 6.44. The van der Waals surface area contributed by atoms with Crippen molar-refractivity contribution >= 4 is 28.9 Å². The molecule has 0 radical (unpaired) electrons. The lowest BCUT2D eigenvalue weighted by Gasteiger charge is -2.24. The molecule has 0 N–H and O–H groups in total. The molecule has 2 rings (SSSR count). The first-order chi connectivity index (χ1) is 8.11. The molecule has 1 aromatic rings. The Bertz CT molecular complexity index is 513. The molecule has 0 aliphatic carbocycles. The van der Waals surface area contributed by atoms with Crippen molar-refractivity contribution in [3.63, 3.8) is 0 Å². The highest BCUT2D eigenvalue weighted by Crippen LogP contribution is 2.30. The minimum atomic E-state index is -0.505. The maximum absolute atomic E-state index is 11.8. The molecule has 0 saturated heterocycles. The first kappa shape index (κ1) is 11.6. The van der Waals surface area contributed by atoms with E-state index in [1.165, 1.54) is 11.0 Å². The fourth-order valence-electron chi connectivity index (χ4n) is 1.71. The number of nitro groups is 1. The Morgan fingerprint density at radius 3 is 2.76 bits per heavy atom. The van der Waals surface area contributed by atoms with E-state index in [1.54, 1.807) is 24.3 Å². The zero-order chi connectivity index (χ0) is 12.4. The van der Waals surface area contributed by atoms with E-state index in [2.05, 4.69) is 0 Å². The molecule has 0 saturated carbocycles. The van der Waals surface area contributed by atoms with Crippen LogP contribution in [0.2, 0.25) is 0 Å². The number of hydrogen-bond donors (Lipinski definition) is 0. The fraction of sp³-hybridized carbons (Fsp3) is 0.182. The standard InChI is InChI=1S/C11H9ClN2O3/c12-8-4-3-7-13(11(8)15)9-5-1-2-6-10(9)14(16)17/h1-2,4-6H,3,7H2. The molecule has 1 aliphatic heterocycles. The third kappa shape index (κ3) is 2.14. The molecule has 0 unspecified atom stereocenters. The van der Waals surface area contributed by atoms with Crippen LogP contribution in [0, 0.1) is 10.1 Å². The zero-order valence-electron chi connectivity index (χ0n) is 8.80. The molecule has 88 valence electrons. The van der Waals surface area contributed by atoms with E-state index in [1.807, 2.05) is 0 Å². The highest BCUT2D eigenvalue weighted by Gasteiger charge is 2.27. The summed E-state index contributed by atoms with van der Waals surface area (Å²) in [5.74, 6) is -0.396. The number of nitrogens with zero attached hydrogens (tertiary/aromatic N) is 2. The summed E-state index contributed by atoms with van der Waals surface area (Å²) in [5.41, 5.74) is 0.195. The summed E-state index contributed by atoms with van der Waals surface area (Å²) in [6, 6.07) is 6.13. The second-order valence-corrected chi connectivity index (χ2v) is 3.95. The van der Waals surface area contributed by atoms with Gasteiger partial charge >= 0.3 is 0 Å². The molecule has 5 nitrogen and oxygen atoms in total. The topological polar surface area (TPSA) is 63.5 Å². The number of carbonyl (C=O) groups excluding carboxylic acids is 1. The van der Waals surface area contributed by atoms with Gasteiger partial charge < -0.3 is 4.90 Å². The normalized spacial score (nSPS) is 15.7. The van der Waals surface area contributed by atoms with Gasteiger partial charge in [-0.15, -0.1) is 0 Å². The summed E-state index contributed by atoms with van der Waals surface area (Å²) in [6.07, 6.45) is 2.21. The largest absolute Gasteiger partial charge is 0.301 e. The summed E-state index contributed by atoms with van der Waals surface area (Å²) in [7, 11) is 0. The van der Waals surface area contributed by atoms with Crippen LogP contribution < -0.4 is 4.90 Å². The van der Waals surface area contributed by atoms with Crippen molar-refractivity contribution in [2.45, 2.75) is 6.42 Å². The summed E-state index contributed by atoms with van der Waals surface area (Å²) in [4.78, 5) is 23.5. The first-order valence-electron chi connectivity index (χ1n) is 5.02. The number of benzene rings is 1. The van der Waals surface area contributed by atoms with E-state index in [0.717, 1.165) is 0 Å². The SMILES string of the molecule is O=C1C(Cl)=CCCN1c1ccccc1[N+](=O)[O-]. The lowest BCUT2D eigenvalue weighted by atomic mass is 10.2. The predicted molar refractivity (Wildman–Crippen MR) is 64.0 cm³/mol. The minimum Gasteiger partial charge on any atom is -0.301 e. The zero-order valence-corrected chi connectivity index (χ0v) is 9.55. The average molecular weight is 253 g/mol. The average Bonchev–Trinajstić information content (AvgIpc) is 2.33. The van der Waals surface area contributed by atoms with Crippen LogP contribution in [0.3, 0.4) is 0 Å². The molecule has 1 amide bonds. The van der Waals surface area contributed by atoms with E-state index >= 15 is 0 Å². The molecular formula is C11H9ClN2O3. The molecule has 0 spiro atoms. The van der Waals surface area contributed by atoms with Crippen LogP contribution in [0.4, 0.5) is 11.4 Å². The van der Waals surface area contributed by atoms with Gasteiger partial charge in [-0.05, 0) is 12.5 Å². The number of carbonyl (C=O) groups is 1. The Kier molecular flexibility index (Phi) is 3.10. The molecule has 0 aromatic heterocycles. The van der Waals surface area contributed by atoms with Crippen LogP contribution in [0.5, 0.6) is 0 Å². The van der Waals surface area contributed by atoms with Gasteiger partial charge in [-0.25, -0.2) is 0 Å². The van der Waals surface area contributed by atoms with Crippen LogP contribution in [0.15, 0.2) is 35.4 Å². The van der Waals surface area contributed by atoms with Crippen LogP contribution >= 0.6 is 11.6 Å². The van der Waals surface area contributed by atoms with Crippen LogP contribution in [0.1, 0.15) is 6.42 Å². The molecule has 6 heteroatoms. The van der Waals surface area contributed by atoms with Crippen molar-refractivity contribution in [2.75, 3.05) is 11.4 Å². The van der Waals surface area contributed by atoms with E-state index in [9.17, 15) is 14.9 Å². The maximum atomic E-state index is 11.8. The van der Waals surface area contributed by atoms with Gasteiger partial charge in [0.15, 0.2) is 0 Å². The lowest BCUT2D eigenvalue weighted by Crippen LogP contribution is -2.34. The molecule has 0 atom stereocenters. The summed E-state index contributed by atoms with van der Waals surface area (Å²) in [5, 5.41) is 11.0. The first-order valence-corrected chi connectivity index (χ1v) is 5.40. The van der Waals surface area contributed by atoms with Crippen molar-refractivity contribution < 1.29 is 9.72 Å². The van der Waals surface area contributed by atoms with Crippen LogP contribution in [0.25, 0.3) is 0 Å². The smallest absolute Gasteiger partial charge is 0.292 e. The minimum absolute atomic E-state index is 0.0905. The highest BCUT2D eigenvalue weighted by atomic mass is 35.5. The van der Waals surface area contributed by atoms with Crippen molar-refractivity contribution in [1.82, 2.24) is 0 Å². The van der Waals surface area contributed by atoms with Gasteiger partial charge in [-0.3, -0.25) is 14.9 Å². The van der Waals surface area contributed by atoms with Crippen LogP contribution in [-0.2, 0) is 4.79 Å². The van der Waals surface area contributed by atoms with E-state index in [0.29, 0.717) is 13.0 Å². The Hall–Kier alpha value is -1.88. The number of amides is 1. The Balaban J connectivity index is 2.44. The third-order valence-corrected chi connectivity index (χ3v) is 2.81.